The van der Waals surface area contributed by atoms with Crippen molar-refractivity contribution in [2.24, 2.45) is 17.3 Å². The number of piperidine rings is 1. The molecule has 1 nitrogen and oxygen atoms in total. The van der Waals surface area contributed by atoms with Crippen molar-refractivity contribution < 1.29 is 0 Å². The molecule has 0 bridgehead atoms. The van der Waals surface area contributed by atoms with Gasteiger partial charge in [0.2, 0.25) is 0 Å². The van der Waals surface area contributed by atoms with E-state index >= 15 is 0 Å². The number of rotatable bonds is 1. The zero-order valence-electron chi connectivity index (χ0n) is 12.5. The van der Waals surface area contributed by atoms with Crippen molar-refractivity contribution in [2.45, 2.75) is 77.7 Å². The first kappa shape index (κ1) is 13.0. The maximum absolute atomic E-state index is 2.89. The van der Waals surface area contributed by atoms with Crippen molar-refractivity contribution in [1.29, 1.82) is 0 Å². The first-order chi connectivity index (χ1) is 8.67. The van der Waals surface area contributed by atoms with Crippen LogP contribution in [-0.4, -0.2) is 24.0 Å². The van der Waals surface area contributed by atoms with E-state index in [4.69, 9.17) is 0 Å². The SMILES string of the molecule is CC1(C)CN(C2CCCCCCCC2)C[C@@H]2CC21. The minimum Gasteiger partial charge on any atom is -0.300 e. The number of hydrogen-bond donors (Lipinski definition) is 0. The first-order valence-corrected chi connectivity index (χ1v) is 8.41. The Morgan fingerprint density at radius 3 is 2.11 bits per heavy atom. The summed E-state index contributed by atoms with van der Waals surface area (Å²) in [4.78, 5) is 2.89. The van der Waals surface area contributed by atoms with Crippen LogP contribution < -0.4 is 0 Å². The van der Waals surface area contributed by atoms with Crippen LogP contribution in [0.15, 0.2) is 0 Å². The summed E-state index contributed by atoms with van der Waals surface area (Å²) < 4.78 is 0. The highest BCUT2D eigenvalue weighted by molar-refractivity contribution is 5.03. The van der Waals surface area contributed by atoms with Crippen LogP contribution in [0.4, 0.5) is 0 Å². The highest BCUT2D eigenvalue weighted by Crippen LogP contribution is 2.55. The van der Waals surface area contributed by atoms with E-state index in [2.05, 4.69) is 18.7 Å². The Hall–Kier alpha value is -0.0400. The number of nitrogens with zero attached hydrogens (tertiary/aromatic N) is 1. The van der Waals surface area contributed by atoms with E-state index in [1.54, 1.807) is 0 Å². The van der Waals surface area contributed by atoms with Gasteiger partial charge in [-0.05, 0) is 36.5 Å². The van der Waals surface area contributed by atoms with E-state index in [0.29, 0.717) is 5.41 Å². The lowest BCUT2D eigenvalue weighted by Crippen LogP contribution is -2.47. The van der Waals surface area contributed by atoms with Crippen LogP contribution in [0.2, 0.25) is 0 Å². The van der Waals surface area contributed by atoms with Crippen LogP contribution in [0.25, 0.3) is 0 Å². The van der Waals surface area contributed by atoms with Gasteiger partial charge in [0.25, 0.3) is 0 Å². The van der Waals surface area contributed by atoms with Gasteiger partial charge in [-0.2, -0.15) is 0 Å². The van der Waals surface area contributed by atoms with Crippen molar-refractivity contribution >= 4 is 0 Å². The normalized spacial score (nSPS) is 38.3. The maximum atomic E-state index is 2.89. The van der Waals surface area contributed by atoms with E-state index in [9.17, 15) is 0 Å². The molecule has 2 saturated carbocycles. The van der Waals surface area contributed by atoms with E-state index in [0.717, 1.165) is 17.9 Å². The summed E-state index contributed by atoms with van der Waals surface area (Å²) in [6, 6.07) is 0.920. The molecule has 0 N–H and O–H groups in total. The smallest absolute Gasteiger partial charge is 0.00956 e. The molecule has 3 fully saturated rings. The molecule has 0 amide bonds. The van der Waals surface area contributed by atoms with Crippen molar-refractivity contribution in [3.05, 3.63) is 0 Å². The molecule has 1 saturated heterocycles. The summed E-state index contributed by atoms with van der Waals surface area (Å²) >= 11 is 0. The Kier molecular flexibility index (Phi) is 3.71. The van der Waals surface area contributed by atoms with Gasteiger partial charge in [0.05, 0.1) is 0 Å². The Labute approximate surface area is 113 Å². The molecule has 0 radical (unpaired) electrons. The molecule has 1 heterocycles. The highest BCUT2D eigenvalue weighted by Gasteiger charge is 2.52. The number of fused-ring (bicyclic) bond motifs is 1. The molecular weight excluding hydrogens is 218 g/mol. The van der Waals surface area contributed by atoms with E-state index < -0.39 is 0 Å². The van der Waals surface area contributed by atoms with Crippen molar-refractivity contribution in [3.8, 4) is 0 Å². The molecule has 18 heavy (non-hydrogen) atoms. The second kappa shape index (κ2) is 5.15. The van der Waals surface area contributed by atoms with Gasteiger partial charge in [-0.25, -0.2) is 0 Å². The quantitative estimate of drug-likeness (QED) is 0.663. The Balaban J connectivity index is 1.61. The van der Waals surface area contributed by atoms with Crippen LogP contribution in [0, 0.1) is 17.3 Å². The third kappa shape index (κ3) is 2.76. The maximum Gasteiger partial charge on any atom is 0.00956 e. The summed E-state index contributed by atoms with van der Waals surface area (Å²) in [5, 5.41) is 0. The lowest BCUT2D eigenvalue weighted by Gasteiger charge is -2.42. The molecule has 0 aromatic heterocycles. The average molecular weight is 249 g/mol. The molecule has 0 aromatic carbocycles. The summed E-state index contributed by atoms with van der Waals surface area (Å²) in [5.41, 5.74) is 0.599. The van der Waals surface area contributed by atoms with Gasteiger partial charge in [-0.3, -0.25) is 4.90 Å². The molecule has 3 aliphatic rings. The van der Waals surface area contributed by atoms with Crippen molar-refractivity contribution in [3.63, 3.8) is 0 Å². The summed E-state index contributed by atoms with van der Waals surface area (Å²) in [6.45, 7) is 7.83. The molecule has 0 aromatic rings. The van der Waals surface area contributed by atoms with Crippen molar-refractivity contribution in [2.75, 3.05) is 13.1 Å². The molecule has 1 aliphatic heterocycles. The third-order valence-electron chi connectivity index (χ3n) is 5.85. The molecule has 2 atom stereocenters. The molecule has 1 unspecified atom stereocenters. The average Bonchev–Trinajstić information content (AvgIpc) is 3.06. The van der Waals surface area contributed by atoms with Gasteiger partial charge in [-0.1, -0.05) is 52.4 Å². The van der Waals surface area contributed by atoms with Crippen LogP contribution >= 0.6 is 0 Å². The molecular formula is C17H31N. The fourth-order valence-corrected chi connectivity index (χ4v) is 4.67. The summed E-state index contributed by atoms with van der Waals surface area (Å²) in [6.07, 6.45) is 13.4. The molecule has 104 valence electrons. The second-order valence-corrected chi connectivity index (χ2v) is 7.87. The van der Waals surface area contributed by atoms with E-state index in [1.165, 1.54) is 70.9 Å². The first-order valence-electron chi connectivity index (χ1n) is 8.41. The number of likely N-dealkylation sites (tertiary alicyclic amines) is 1. The van der Waals surface area contributed by atoms with Crippen LogP contribution in [-0.2, 0) is 0 Å². The lowest BCUT2D eigenvalue weighted by atomic mass is 9.82. The standard InChI is InChI=1S/C17H31N/c1-17(2)13-18(12-14-11-16(14)17)15-9-7-5-3-4-6-8-10-15/h14-16H,3-13H2,1-2H3/t14-,16?/m0/s1. The van der Waals surface area contributed by atoms with Gasteiger partial charge < -0.3 is 0 Å². The summed E-state index contributed by atoms with van der Waals surface area (Å²) in [5.74, 6) is 2.12. The van der Waals surface area contributed by atoms with Gasteiger partial charge in [0, 0.05) is 19.1 Å². The second-order valence-electron chi connectivity index (χ2n) is 7.87. The van der Waals surface area contributed by atoms with E-state index in [1.807, 2.05) is 0 Å². The lowest BCUT2D eigenvalue weighted by molar-refractivity contribution is 0.0602. The predicted octanol–water partition coefficient (Wildman–Crippen LogP) is 4.47. The molecule has 1 heteroatoms. The van der Waals surface area contributed by atoms with Gasteiger partial charge in [-0.15, -0.1) is 0 Å². The minimum absolute atomic E-state index is 0.599. The predicted molar refractivity (Wildman–Crippen MR) is 77.7 cm³/mol. The van der Waals surface area contributed by atoms with Crippen LogP contribution in [0.3, 0.4) is 0 Å². The monoisotopic (exact) mass is 249 g/mol. The number of hydrogen-bond acceptors (Lipinski definition) is 1. The summed E-state index contributed by atoms with van der Waals surface area (Å²) in [7, 11) is 0. The Morgan fingerprint density at radius 1 is 0.889 bits per heavy atom. The largest absolute Gasteiger partial charge is 0.300 e. The van der Waals surface area contributed by atoms with Gasteiger partial charge in [0.15, 0.2) is 0 Å². The topological polar surface area (TPSA) is 3.24 Å². The van der Waals surface area contributed by atoms with Gasteiger partial charge in [0.1, 0.15) is 0 Å². The molecule has 0 spiro atoms. The molecule has 2 aliphatic carbocycles. The van der Waals surface area contributed by atoms with Crippen LogP contribution in [0.5, 0.6) is 0 Å². The third-order valence-corrected chi connectivity index (χ3v) is 5.85. The van der Waals surface area contributed by atoms with Gasteiger partial charge >= 0.3 is 0 Å². The zero-order valence-corrected chi connectivity index (χ0v) is 12.5. The minimum atomic E-state index is 0.599. The highest BCUT2D eigenvalue weighted by atomic mass is 15.2. The van der Waals surface area contributed by atoms with Crippen LogP contribution in [0.1, 0.15) is 71.6 Å². The molecule has 3 rings (SSSR count). The van der Waals surface area contributed by atoms with Crippen molar-refractivity contribution in [1.82, 2.24) is 4.90 Å². The zero-order chi connectivity index (χ0) is 12.6. The van der Waals surface area contributed by atoms with E-state index in [-0.39, 0.29) is 0 Å². The Morgan fingerprint density at radius 2 is 1.50 bits per heavy atom. The fourth-order valence-electron chi connectivity index (χ4n) is 4.67. The Bertz CT molecular complexity index is 273. The fraction of sp³-hybridized carbons (Fsp3) is 1.00.